The van der Waals surface area contributed by atoms with Gasteiger partial charge in [0, 0.05) is 54.6 Å². The van der Waals surface area contributed by atoms with Gasteiger partial charge in [0.25, 0.3) is 6.33 Å². The molecule has 0 amide bonds. The van der Waals surface area contributed by atoms with E-state index in [1.165, 1.54) is 63.5 Å². The van der Waals surface area contributed by atoms with Gasteiger partial charge in [0.1, 0.15) is 5.82 Å². The predicted octanol–water partition coefficient (Wildman–Crippen LogP) is 12.5. The summed E-state index contributed by atoms with van der Waals surface area (Å²) in [6.07, 6.45) is 11.8. The van der Waals surface area contributed by atoms with Crippen molar-refractivity contribution in [3.05, 3.63) is 187 Å². The summed E-state index contributed by atoms with van der Waals surface area (Å²) in [5, 5.41) is 2.40. The molecule has 0 saturated heterocycles. The first-order valence-corrected chi connectivity index (χ1v) is 20.7. The molecule has 0 atom stereocenters. The van der Waals surface area contributed by atoms with Crippen molar-refractivity contribution in [1.82, 2.24) is 14.1 Å². The molecule has 1 saturated carbocycles. The molecule has 3 aliphatic rings. The number of aromatic nitrogens is 4. The topological polar surface area (TPSA) is 35.9 Å². The predicted molar refractivity (Wildman–Crippen MR) is 234 cm³/mol. The Morgan fingerprint density at radius 3 is 2.05 bits per heavy atom. The average molecular weight is 863 g/mol. The number of benzene rings is 7. The number of nitrogens with zero attached hydrogens (tertiary/aromatic N) is 4. The van der Waals surface area contributed by atoms with E-state index in [2.05, 4.69) is 166 Å². The zero-order valence-corrected chi connectivity index (χ0v) is 34.1. The molecular formula is C54H36N4OPd-2. The van der Waals surface area contributed by atoms with Crippen molar-refractivity contribution in [2.24, 2.45) is 0 Å². The van der Waals surface area contributed by atoms with E-state index < -0.39 is 0 Å². The largest absolute Gasteiger partial charge is 0.510 e. The second-order valence-electron chi connectivity index (χ2n) is 16.2. The first kappa shape index (κ1) is 35.4. The van der Waals surface area contributed by atoms with E-state index in [-0.39, 0.29) is 25.8 Å². The van der Waals surface area contributed by atoms with E-state index in [4.69, 9.17) is 9.72 Å². The fourth-order valence-electron chi connectivity index (χ4n) is 10.7. The molecule has 60 heavy (non-hydrogen) atoms. The van der Waals surface area contributed by atoms with Crippen molar-refractivity contribution in [3.8, 4) is 62.1 Å². The maximum absolute atomic E-state index is 6.69. The van der Waals surface area contributed by atoms with E-state index in [1.54, 1.807) is 0 Å². The molecule has 7 aromatic carbocycles. The molecule has 13 rings (SSSR count). The van der Waals surface area contributed by atoms with Gasteiger partial charge >= 0.3 is 0 Å². The molecule has 10 aromatic rings. The maximum atomic E-state index is 6.69. The van der Waals surface area contributed by atoms with Crippen molar-refractivity contribution >= 4 is 32.8 Å². The van der Waals surface area contributed by atoms with Crippen LogP contribution in [0.1, 0.15) is 43.2 Å². The molecule has 5 heterocycles. The molecule has 0 N–H and O–H groups in total. The molecule has 0 unspecified atom stereocenters. The van der Waals surface area contributed by atoms with Gasteiger partial charge in [-0.15, -0.1) is 29.7 Å². The van der Waals surface area contributed by atoms with Gasteiger partial charge in [0.05, 0.1) is 16.7 Å². The van der Waals surface area contributed by atoms with Crippen LogP contribution in [0.2, 0.25) is 0 Å². The van der Waals surface area contributed by atoms with Gasteiger partial charge in [0.15, 0.2) is 0 Å². The Balaban J connectivity index is 0.00000388. The molecule has 0 bridgehead atoms. The summed E-state index contributed by atoms with van der Waals surface area (Å²) in [5.41, 5.74) is 16.1. The van der Waals surface area contributed by atoms with Crippen molar-refractivity contribution in [1.29, 1.82) is 0 Å². The summed E-state index contributed by atoms with van der Waals surface area (Å²) >= 11 is 0. The smallest absolute Gasteiger partial charge is 0.268 e. The number of imidazole rings is 1. The van der Waals surface area contributed by atoms with Gasteiger partial charge in [-0.25, -0.2) is 4.98 Å². The fraction of sp³-hybridized carbons (Fsp3) is 0.111. The zero-order chi connectivity index (χ0) is 38.7. The van der Waals surface area contributed by atoms with Gasteiger partial charge in [0.2, 0.25) is 0 Å². The second-order valence-corrected chi connectivity index (χ2v) is 16.2. The van der Waals surface area contributed by atoms with E-state index >= 15 is 0 Å². The summed E-state index contributed by atoms with van der Waals surface area (Å²) in [5.74, 6) is 2.25. The first-order valence-electron chi connectivity index (χ1n) is 20.7. The summed E-state index contributed by atoms with van der Waals surface area (Å²) < 4.78 is 13.4. The van der Waals surface area contributed by atoms with Crippen LogP contribution in [0.25, 0.3) is 83.4 Å². The van der Waals surface area contributed by atoms with E-state index in [0.29, 0.717) is 11.5 Å². The molecule has 3 aromatic heterocycles. The minimum atomic E-state index is -0.00799. The maximum Gasteiger partial charge on any atom is 0.268 e. The van der Waals surface area contributed by atoms with Crippen LogP contribution in [0.15, 0.2) is 158 Å². The summed E-state index contributed by atoms with van der Waals surface area (Å²) in [6.45, 7) is 0. The molecule has 1 aliphatic carbocycles. The average Bonchev–Trinajstić information content (AvgIpc) is 3.86. The van der Waals surface area contributed by atoms with Gasteiger partial charge in [-0.3, -0.25) is 4.57 Å². The van der Waals surface area contributed by atoms with Crippen LogP contribution in [0.4, 0.5) is 0 Å². The third kappa shape index (κ3) is 4.96. The molecule has 0 radical (unpaired) electrons. The second kappa shape index (κ2) is 13.5. The fourth-order valence-corrected chi connectivity index (χ4v) is 10.7. The number of para-hydroxylation sites is 3. The molecule has 1 fully saturated rings. The van der Waals surface area contributed by atoms with Crippen LogP contribution in [0.5, 0.6) is 11.5 Å². The molecule has 1 spiro atoms. The minimum Gasteiger partial charge on any atom is -0.510 e. The quantitative estimate of drug-likeness (QED) is 0.101. The molecule has 290 valence electrons. The van der Waals surface area contributed by atoms with Crippen LogP contribution in [0.3, 0.4) is 0 Å². The first-order chi connectivity index (χ1) is 29.2. The van der Waals surface area contributed by atoms with E-state index in [9.17, 15) is 0 Å². The SMILES string of the molecule is [Pd].[c-]1c(Oc2[c-]c3c(cc2)c2cccc4c2n3-c2ncccc2C42CCCCC2)cccc1-n1[c-][n+]2c3c(cccc31)-c1ccccc1-c1ccccc1-c1ccccc1-2. The Hall–Kier alpha value is -6.58. The van der Waals surface area contributed by atoms with Crippen LogP contribution >= 0.6 is 0 Å². The Labute approximate surface area is 361 Å². The van der Waals surface area contributed by atoms with E-state index in [0.717, 1.165) is 63.1 Å². The Morgan fingerprint density at radius 1 is 0.567 bits per heavy atom. The van der Waals surface area contributed by atoms with Gasteiger partial charge in [-0.05, 0) is 75.0 Å². The molecular weight excluding hydrogens is 827 g/mol. The number of ether oxygens (including phenoxy) is 1. The van der Waals surface area contributed by atoms with Crippen LogP contribution < -0.4 is 9.30 Å². The normalized spacial score (nSPS) is 14.3. The van der Waals surface area contributed by atoms with Crippen LogP contribution in [-0.4, -0.2) is 14.1 Å². The third-order valence-corrected chi connectivity index (χ3v) is 13.2. The van der Waals surface area contributed by atoms with Crippen molar-refractivity contribution in [2.75, 3.05) is 0 Å². The van der Waals surface area contributed by atoms with Crippen LogP contribution in [0, 0.1) is 18.5 Å². The van der Waals surface area contributed by atoms with Crippen LogP contribution in [-0.2, 0) is 25.8 Å². The number of hydrogen-bond donors (Lipinski definition) is 0. The van der Waals surface area contributed by atoms with Crippen molar-refractivity contribution in [2.45, 2.75) is 37.5 Å². The van der Waals surface area contributed by atoms with Crippen molar-refractivity contribution in [3.63, 3.8) is 0 Å². The van der Waals surface area contributed by atoms with Gasteiger partial charge in [-0.1, -0.05) is 134 Å². The monoisotopic (exact) mass is 862 g/mol. The van der Waals surface area contributed by atoms with Gasteiger partial charge in [-0.2, -0.15) is 18.2 Å². The Kier molecular flexibility index (Phi) is 7.94. The number of hydrogen-bond acceptors (Lipinski definition) is 2. The van der Waals surface area contributed by atoms with E-state index in [1.807, 2.05) is 24.4 Å². The summed E-state index contributed by atoms with van der Waals surface area (Å²) in [4.78, 5) is 5.06. The third-order valence-electron chi connectivity index (χ3n) is 13.2. The minimum absolute atomic E-state index is 0. The summed E-state index contributed by atoms with van der Waals surface area (Å²) in [7, 11) is 0. The standard InChI is InChI=1S/C54H36N4O.Pd/c1-8-29-54(30-9-1)46-23-11-21-45-43-28-27-37(33-50(43)58(51(45)46)53-47(54)24-13-31-55-53)59-36-15-10-14-35(32-36)56-34-57-48-25-7-6-20-42(48)40-18-4-2-16-38(40)39-17-3-5-19-41(39)44-22-12-26-49(56)52(44)57;/h2-7,10-28,31H,1,8-9,29-30H2;/q-2;. The molecule has 6 heteroatoms. The summed E-state index contributed by atoms with van der Waals surface area (Å²) in [6, 6.07) is 61.5. The Bertz CT molecular complexity index is 3370. The van der Waals surface area contributed by atoms with Crippen molar-refractivity contribution < 1.29 is 29.7 Å². The number of pyridine rings is 1. The number of fused-ring (bicyclic) bond motifs is 14. The molecule has 5 nitrogen and oxygen atoms in total. The Morgan fingerprint density at radius 2 is 1.23 bits per heavy atom. The zero-order valence-electron chi connectivity index (χ0n) is 32.6. The number of rotatable bonds is 3. The van der Waals surface area contributed by atoms with Gasteiger partial charge < -0.3 is 13.9 Å². The molecule has 2 aliphatic heterocycles.